The number of alkyl halides is 3. The molecule has 1 heterocycles. The highest BCUT2D eigenvalue weighted by Crippen LogP contribution is 2.37. The molecule has 0 saturated heterocycles. The zero-order chi connectivity index (χ0) is 13.3. The molecule has 0 saturated carbocycles. The second-order valence-electron chi connectivity index (χ2n) is 3.61. The summed E-state index contributed by atoms with van der Waals surface area (Å²) in [5, 5.41) is 3.99. The third-order valence-corrected chi connectivity index (χ3v) is 2.62. The van der Waals surface area contributed by atoms with Crippen molar-refractivity contribution in [2.75, 3.05) is 0 Å². The molecule has 0 aliphatic rings. The number of benzene rings is 1. The molecule has 0 bridgehead atoms. The minimum absolute atomic E-state index is 0.0287. The van der Waals surface area contributed by atoms with Crippen LogP contribution in [0.4, 0.5) is 13.2 Å². The molecular weight excluding hydrogens is 267 g/mol. The summed E-state index contributed by atoms with van der Waals surface area (Å²) in [5.74, 6) is 0.0424. The van der Waals surface area contributed by atoms with Gasteiger partial charge in [0.15, 0.2) is 5.82 Å². The fraction of sp³-hybridized carbons (Fsp3) is 0.273. The highest BCUT2D eigenvalue weighted by Gasteiger charge is 2.34. The van der Waals surface area contributed by atoms with Gasteiger partial charge in [-0.2, -0.15) is 18.3 Å². The van der Waals surface area contributed by atoms with Gasteiger partial charge in [-0.3, -0.25) is 4.68 Å². The quantitative estimate of drug-likeness (QED) is 0.838. The molecule has 96 valence electrons. The monoisotopic (exact) mass is 275 g/mol. The maximum Gasteiger partial charge on any atom is 0.417 e. The molecule has 1 aromatic carbocycles. The maximum atomic E-state index is 12.9. The molecule has 0 fully saturated rings. The Labute approximate surface area is 106 Å². The summed E-state index contributed by atoms with van der Waals surface area (Å²) < 4.78 is 40.1. The number of aryl methyl sites for hydroxylation is 1. The van der Waals surface area contributed by atoms with Crippen molar-refractivity contribution in [2.45, 2.75) is 19.6 Å². The van der Waals surface area contributed by atoms with Crippen molar-refractivity contribution >= 4 is 11.6 Å². The minimum atomic E-state index is -4.49. The van der Waals surface area contributed by atoms with Gasteiger partial charge in [-0.15, -0.1) is 0 Å². The van der Waals surface area contributed by atoms with Crippen LogP contribution in [0.2, 0.25) is 5.02 Å². The van der Waals surface area contributed by atoms with Gasteiger partial charge in [-0.1, -0.05) is 11.6 Å². The molecule has 7 heteroatoms. The van der Waals surface area contributed by atoms with Crippen molar-refractivity contribution in [1.29, 1.82) is 0 Å². The van der Waals surface area contributed by atoms with Gasteiger partial charge in [-0.05, 0) is 25.1 Å². The van der Waals surface area contributed by atoms with Crippen LogP contribution >= 0.6 is 11.6 Å². The Morgan fingerprint density at radius 2 is 2.06 bits per heavy atom. The Morgan fingerprint density at radius 1 is 1.33 bits per heavy atom. The fourth-order valence-corrected chi connectivity index (χ4v) is 1.69. The lowest BCUT2D eigenvalue weighted by atomic mass is 10.1. The largest absolute Gasteiger partial charge is 0.417 e. The van der Waals surface area contributed by atoms with E-state index in [0.29, 0.717) is 6.54 Å². The highest BCUT2D eigenvalue weighted by atomic mass is 35.5. The van der Waals surface area contributed by atoms with Crippen LogP contribution in [-0.2, 0) is 12.7 Å². The second-order valence-corrected chi connectivity index (χ2v) is 4.05. The van der Waals surface area contributed by atoms with Gasteiger partial charge >= 0.3 is 6.18 Å². The van der Waals surface area contributed by atoms with Crippen molar-refractivity contribution in [2.24, 2.45) is 0 Å². The third-order valence-electron chi connectivity index (χ3n) is 2.39. The van der Waals surface area contributed by atoms with Crippen molar-refractivity contribution < 1.29 is 13.2 Å². The van der Waals surface area contributed by atoms with Crippen molar-refractivity contribution in [3.8, 4) is 11.4 Å². The Kier molecular flexibility index (Phi) is 3.30. The van der Waals surface area contributed by atoms with Gasteiger partial charge in [0.2, 0.25) is 0 Å². The van der Waals surface area contributed by atoms with Gasteiger partial charge in [0.1, 0.15) is 6.33 Å². The molecule has 0 aliphatic carbocycles. The molecule has 0 amide bonds. The van der Waals surface area contributed by atoms with E-state index in [1.807, 2.05) is 6.92 Å². The zero-order valence-corrected chi connectivity index (χ0v) is 10.1. The van der Waals surface area contributed by atoms with Gasteiger partial charge < -0.3 is 0 Å². The molecule has 0 atom stereocenters. The third kappa shape index (κ3) is 2.48. The van der Waals surface area contributed by atoms with Crippen LogP contribution in [0.5, 0.6) is 0 Å². The summed E-state index contributed by atoms with van der Waals surface area (Å²) in [5.41, 5.74) is -0.900. The van der Waals surface area contributed by atoms with E-state index in [4.69, 9.17) is 11.6 Å². The van der Waals surface area contributed by atoms with Crippen molar-refractivity contribution in [1.82, 2.24) is 14.8 Å². The first kappa shape index (κ1) is 12.9. The van der Waals surface area contributed by atoms with E-state index in [-0.39, 0.29) is 16.4 Å². The number of aromatic nitrogens is 3. The van der Waals surface area contributed by atoms with Crippen LogP contribution in [0.3, 0.4) is 0 Å². The average molecular weight is 276 g/mol. The number of hydrogen-bond acceptors (Lipinski definition) is 2. The SMILES string of the molecule is CCn1cnc(-c2ccc(Cl)cc2C(F)(F)F)n1. The maximum absolute atomic E-state index is 12.9. The van der Waals surface area contributed by atoms with Crippen LogP contribution < -0.4 is 0 Å². The minimum Gasteiger partial charge on any atom is -0.253 e. The van der Waals surface area contributed by atoms with E-state index in [1.165, 1.54) is 23.1 Å². The molecule has 2 rings (SSSR count). The lowest BCUT2D eigenvalue weighted by Crippen LogP contribution is -2.08. The Balaban J connectivity index is 2.56. The van der Waals surface area contributed by atoms with Gasteiger partial charge in [0, 0.05) is 17.1 Å². The molecule has 0 N–H and O–H groups in total. The molecule has 0 spiro atoms. The highest BCUT2D eigenvalue weighted by molar-refractivity contribution is 6.30. The number of hydrogen-bond donors (Lipinski definition) is 0. The Bertz CT molecular complexity index is 563. The topological polar surface area (TPSA) is 30.7 Å². The number of halogens is 4. The fourth-order valence-electron chi connectivity index (χ4n) is 1.52. The summed E-state index contributed by atoms with van der Waals surface area (Å²) in [4.78, 5) is 3.87. The predicted octanol–water partition coefficient (Wildman–Crippen LogP) is 3.64. The summed E-state index contributed by atoms with van der Waals surface area (Å²) >= 11 is 5.60. The van der Waals surface area contributed by atoms with E-state index in [2.05, 4.69) is 10.1 Å². The van der Waals surface area contributed by atoms with Crippen LogP contribution in [-0.4, -0.2) is 14.8 Å². The van der Waals surface area contributed by atoms with E-state index in [0.717, 1.165) is 6.07 Å². The average Bonchev–Trinajstić information content (AvgIpc) is 2.76. The van der Waals surface area contributed by atoms with Crippen LogP contribution in [0.15, 0.2) is 24.5 Å². The lowest BCUT2D eigenvalue weighted by molar-refractivity contribution is -0.137. The molecule has 0 aliphatic heterocycles. The van der Waals surface area contributed by atoms with Gasteiger partial charge in [-0.25, -0.2) is 4.98 Å². The van der Waals surface area contributed by atoms with Gasteiger partial charge in [0.25, 0.3) is 0 Å². The summed E-state index contributed by atoms with van der Waals surface area (Å²) in [6.07, 6.45) is -3.10. The van der Waals surface area contributed by atoms with Crippen LogP contribution in [0.1, 0.15) is 12.5 Å². The molecular formula is C11H9ClF3N3. The lowest BCUT2D eigenvalue weighted by Gasteiger charge is -2.10. The first-order valence-electron chi connectivity index (χ1n) is 5.18. The molecule has 1 aromatic heterocycles. The first-order valence-corrected chi connectivity index (χ1v) is 5.56. The van der Waals surface area contributed by atoms with Gasteiger partial charge in [0.05, 0.1) is 5.56 Å². The standard InChI is InChI=1S/C11H9ClF3N3/c1-2-18-6-16-10(17-18)8-4-3-7(12)5-9(8)11(13,14)15/h3-6H,2H2,1H3. The van der Waals surface area contributed by atoms with E-state index in [9.17, 15) is 13.2 Å². The molecule has 2 aromatic rings. The van der Waals surface area contributed by atoms with E-state index >= 15 is 0 Å². The first-order chi connectivity index (χ1) is 8.41. The molecule has 0 unspecified atom stereocenters. The predicted molar refractivity (Wildman–Crippen MR) is 61.1 cm³/mol. The molecule has 18 heavy (non-hydrogen) atoms. The Morgan fingerprint density at radius 3 is 2.61 bits per heavy atom. The smallest absolute Gasteiger partial charge is 0.253 e. The molecule has 3 nitrogen and oxygen atoms in total. The number of rotatable bonds is 2. The zero-order valence-electron chi connectivity index (χ0n) is 9.37. The van der Waals surface area contributed by atoms with Crippen LogP contribution in [0.25, 0.3) is 11.4 Å². The second kappa shape index (κ2) is 4.61. The summed E-state index contributed by atoms with van der Waals surface area (Å²) in [6.45, 7) is 2.37. The normalized spacial score (nSPS) is 11.8. The van der Waals surface area contributed by atoms with E-state index in [1.54, 1.807) is 0 Å². The van der Waals surface area contributed by atoms with Crippen LogP contribution in [0, 0.1) is 0 Å². The number of nitrogens with zero attached hydrogens (tertiary/aromatic N) is 3. The van der Waals surface area contributed by atoms with Crippen molar-refractivity contribution in [3.63, 3.8) is 0 Å². The molecule has 0 radical (unpaired) electrons. The Hall–Kier alpha value is -1.56. The summed E-state index contributed by atoms with van der Waals surface area (Å²) in [7, 11) is 0. The summed E-state index contributed by atoms with van der Waals surface area (Å²) in [6, 6.07) is 3.54. The van der Waals surface area contributed by atoms with Crippen molar-refractivity contribution in [3.05, 3.63) is 35.1 Å². The van der Waals surface area contributed by atoms with E-state index < -0.39 is 11.7 Å².